The Morgan fingerprint density at radius 3 is 2.50 bits per heavy atom. The molecular formula is C17H16N2O3. The summed E-state index contributed by atoms with van der Waals surface area (Å²) in [5.74, 6) is 0.406. The Balaban J connectivity index is 1.67. The highest BCUT2D eigenvalue weighted by Crippen LogP contribution is 2.28. The van der Waals surface area contributed by atoms with Gasteiger partial charge in [0, 0.05) is 24.7 Å². The molecule has 1 aliphatic heterocycles. The molecule has 1 heterocycles. The molecule has 3 rings (SSSR count). The lowest BCUT2D eigenvalue weighted by atomic mass is 10.1. The Labute approximate surface area is 128 Å². The maximum Gasteiger partial charge on any atom is 0.265 e. The lowest BCUT2D eigenvalue weighted by Gasteiger charge is -2.12. The van der Waals surface area contributed by atoms with Crippen LogP contribution in [-0.4, -0.2) is 17.9 Å². The molecule has 2 N–H and O–H groups in total. The minimum atomic E-state index is -0.526. The van der Waals surface area contributed by atoms with E-state index in [-0.39, 0.29) is 11.8 Å². The summed E-state index contributed by atoms with van der Waals surface area (Å²) in [5, 5.41) is 5.50. The number of carbonyl (C=O) groups is 2. The number of hydrogen-bond donors (Lipinski definition) is 2. The molecule has 0 unspecified atom stereocenters. The summed E-state index contributed by atoms with van der Waals surface area (Å²) in [6, 6.07) is 14.6. The highest BCUT2D eigenvalue weighted by atomic mass is 16.5. The molecule has 5 heteroatoms. The van der Waals surface area contributed by atoms with E-state index in [1.54, 1.807) is 24.3 Å². The van der Waals surface area contributed by atoms with Crippen LogP contribution in [0.15, 0.2) is 48.5 Å². The fraction of sp³-hybridized carbons (Fsp3) is 0.176. The summed E-state index contributed by atoms with van der Waals surface area (Å²) in [7, 11) is 0. The van der Waals surface area contributed by atoms with Crippen LogP contribution in [0.5, 0.6) is 5.75 Å². The summed E-state index contributed by atoms with van der Waals surface area (Å²) < 4.78 is 5.65. The Bertz CT molecular complexity index is 702. The number of rotatable bonds is 3. The average Bonchev–Trinajstić information content (AvgIpc) is 2.91. The van der Waals surface area contributed by atoms with E-state index < -0.39 is 6.10 Å². The summed E-state index contributed by atoms with van der Waals surface area (Å²) >= 11 is 0. The lowest BCUT2D eigenvalue weighted by molar-refractivity contribution is -0.122. The Morgan fingerprint density at radius 1 is 1.05 bits per heavy atom. The van der Waals surface area contributed by atoms with Gasteiger partial charge >= 0.3 is 0 Å². The first-order chi connectivity index (χ1) is 10.6. The van der Waals surface area contributed by atoms with Crippen molar-refractivity contribution in [1.82, 2.24) is 0 Å². The van der Waals surface area contributed by atoms with Crippen molar-refractivity contribution in [2.24, 2.45) is 0 Å². The molecule has 22 heavy (non-hydrogen) atoms. The molecule has 1 atom stereocenters. The van der Waals surface area contributed by atoms with Crippen LogP contribution in [0.1, 0.15) is 12.5 Å². The zero-order chi connectivity index (χ0) is 15.5. The molecule has 5 nitrogen and oxygen atoms in total. The molecule has 2 aromatic carbocycles. The van der Waals surface area contributed by atoms with Crippen LogP contribution in [-0.2, 0) is 16.0 Å². The number of para-hydroxylation sites is 1. The van der Waals surface area contributed by atoms with Gasteiger partial charge in [-0.3, -0.25) is 9.59 Å². The normalized spacial score (nSPS) is 15.6. The van der Waals surface area contributed by atoms with Gasteiger partial charge in [0.05, 0.1) is 0 Å². The second-order valence-electron chi connectivity index (χ2n) is 5.17. The van der Waals surface area contributed by atoms with Gasteiger partial charge in [0.1, 0.15) is 5.75 Å². The number of fused-ring (bicyclic) bond motifs is 1. The van der Waals surface area contributed by atoms with E-state index in [2.05, 4.69) is 10.6 Å². The van der Waals surface area contributed by atoms with Crippen molar-refractivity contribution in [1.29, 1.82) is 0 Å². The van der Waals surface area contributed by atoms with Gasteiger partial charge in [-0.2, -0.15) is 0 Å². The monoisotopic (exact) mass is 296 g/mol. The number of ether oxygens (including phenoxy) is 1. The predicted octanol–water partition coefficient (Wildman–Crippen LogP) is 2.59. The third-order valence-electron chi connectivity index (χ3n) is 3.39. The molecule has 112 valence electrons. The fourth-order valence-corrected chi connectivity index (χ4v) is 2.43. The van der Waals surface area contributed by atoms with Crippen LogP contribution < -0.4 is 15.4 Å². The molecule has 0 bridgehead atoms. The Morgan fingerprint density at radius 2 is 1.77 bits per heavy atom. The van der Waals surface area contributed by atoms with Gasteiger partial charge in [0.2, 0.25) is 5.91 Å². The summed E-state index contributed by atoms with van der Waals surface area (Å²) in [6.45, 7) is 1.44. The molecule has 0 saturated heterocycles. The van der Waals surface area contributed by atoms with E-state index in [1.807, 2.05) is 24.3 Å². The Kier molecular flexibility index (Phi) is 3.78. The second-order valence-corrected chi connectivity index (χ2v) is 5.17. The smallest absolute Gasteiger partial charge is 0.265 e. The van der Waals surface area contributed by atoms with Crippen LogP contribution >= 0.6 is 0 Å². The van der Waals surface area contributed by atoms with Gasteiger partial charge in [-0.05, 0) is 29.8 Å². The van der Waals surface area contributed by atoms with Crippen molar-refractivity contribution < 1.29 is 14.3 Å². The van der Waals surface area contributed by atoms with Crippen molar-refractivity contribution in [3.63, 3.8) is 0 Å². The van der Waals surface area contributed by atoms with Crippen molar-refractivity contribution >= 4 is 23.2 Å². The zero-order valence-electron chi connectivity index (χ0n) is 12.1. The number of benzene rings is 2. The van der Waals surface area contributed by atoms with Crippen LogP contribution in [0, 0.1) is 0 Å². The number of nitrogens with one attached hydrogen (secondary N) is 2. The first-order valence-corrected chi connectivity index (χ1v) is 7.05. The van der Waals surface area contributed by atoms with Crippen molar-refractivity contribution in [3.8, 4) is 5.75 Å². The van der Waals surface area contributed by atoms with Crippen LogP contribution in [0.3, 0.4) is 0 Å². The van der Waals surface area contributed by atoms with Gasteiger partial charge in [0.25, 0.3) is 5.91 Å². The van der Waals surface area contributed by atoms with E-state index in [9.17, 15) is 9.59 Å². The number of hydrogen-bond acceptors (Lipinski definition) is 3. The number of carbonyl (C=O) groups excluding carboxylic acids is 2. The standard InChI is InChI=1S/C17H16N2O3/c1-11(20)18-13-6-4-7-14(10-13)19-17(21)16-9-12-5-2-3-8-15(12)22-16/h2-8,10,16H,9H2,1H3,(H,18,20)(H,19,21)/t16-/m0/s1. The maximum atomic E-state index is 12.3. The van der Waals surface area contributed by atoms with E-state index in [0.29, 0.717) is 17.8 Å². The minimum Gasteiger partial charge on any atom is -0.480 e. The van der Waals surface area contributed by atoms with Gasteiger partial charge in [-0.25, -0.2) is 0 Å². The van der Waals surface area contributed by atoms with Crippen LogP contribution in [0.2, 0.25) is 0 Å². The first kappa shape index (κ1) is 14.1. The first-order valence-electron chi connectivity index (χ1n) is 7.05. The quantitative estimate of drug-likeness (QED) is 0.915. The minimum absolute atomic E-state index is 0.155. The molecule has 0 spiro atoms. The molecule has 0 aromatic heterocycles. The predicted molar refractivity (Wildman–Crippen MR) is 83.9 cm³/mol. The fourth-order valence-electron chi connectivity index (χ4n) is 2.43. The van der Waals surface area contributed by atoms with Crippen molar-refractivity contribution in [3.05, 3.63) is 54.1 Å². The molecular weight excluding hydrogens is 280 g/mol. The molecule has 0 fully saturated rings. The van der Waals surface area contributed by atoms with Gasteiger partial charge in [0.15, 0.2) is 6.10 Å². The summed E-state index contributed by atoms with van der Waals surface area (Å²) in [6.07, 6.45) is 0.0368. The highest BCUT2D eigenvalue weighted by molar-refractivity contribution is 5.96. The van der Waals surface area contributed by atoms with E-state index in [4.69, 9.17) is 4.74 Å². The van der Waals surface area contributed by atoms with E-state index >= 15 is 0 Å². The maximum absolute atomic E-state index is 12.3. The highest BCUT2D eigenvalue weighted by Gasteiger charge is 2.28. The molecule has 0 radical (unpaired) electrons. The third-order valence-corrected chi connectivity index (χ3v) is 3.39. The zero-order valence-corrected chi connectivity index (χ0v) is 12.1. The van der Waals surface area contributed by atoms with E-state index in [0.717, 1.165) is 11.3 Å². The average molecular weight is 296 g/mol. The number of anilines is 2. The van der Waals surface area contributed by atoms with Gasteiger partial charge < -0.3 is 15.4 Å². The lowest BCUT2D eigenvalue weighted by Crippen LogP contribution is -2.31. The van der Waals surface area contributed by atoms with Crippen molar-refractivity contribution in [2.45, 2.75) is 19.4 Å². The second kappa shape index (κ2) is 5.89. The van der Waals surface area contributed by atoms with Crippen LogP contribution in [0.4, 0.5) is 11.4 Å². The summed E-state index contributed by atoms with van der Waals surface area (Å²) in [5.41, 5.74) is 2.30. The van der Waals surface area contributed by atoms with Gasteiger partial charge in [-0.15, -0.1) is 0 Å². The summed E-state index contributed by atoms with van der Waals surface area (Å²) in [4.78, 5) is 23.4. The third kappa shape index (κ3) is 3.09. The van der Waals surface area contributed by atoms with E-state index in [1.165, 1.54) is 6.92 Å². The Hall–Kier alpha value is -2.82. The molecule has 0 aliphatic carbocycles. The largest absolute Gasteiger partial charge is 0.480 e. The topological polar surface area (TPSA) is 67.4 Å². The van der Waals surface area contributed by atoms with Crippen molar-refractivity contribution in [2.75, 3.05) is 10.6 Å². The number of amides is 2. The molecule has 2 aromatic rings. The molecule has 1 aliphatic rings. The van der Waals surface area contributed by atoms with Crippen LogP contribution in [0.25, 0.3) is 0 Å². The van der Waals surface area contributed by atoms with Gasteiger partial charge in [-0.1, -0.05) is 24.3 Å². The SMILES string of the molecule is CC(=O)Nc1cccc(NC(=O)[C@@H]2Cc3ccccc3O2)c1. The molecule has 2 amide bonds. The molecule has 0 saturated carbocycles.